The number of aliphatic hydroxyl groups excluding tert-OH is 1. The number of hydrogen-bond donors (Lipinski definition) is 1. The first-order valence-corrected chi connectivity index (χ1v) is 7.31. The molecule has 5 nitrogen and oxygen atoms in total. The molecule has 1 rings (SSSR count). The molecule has 108 valence electrons. The molecule has 1 N–H and O–H groups in total. The highest BCUT2D eigenvalue weighted by Crippen LogP contribution is 2.27. The molecule has 0 aliphatic rings. The summed E-state index contributed by atoms with van der Waals surface area (Å²) in [6.07, 6.45) is 0.584. The molecule has 1 aromatic heterocycles. The van der Waals surface area contributed by atoms with E-state index in [1.807, 2.05) is 34.6 Å². The van der Waals surface area contributed by atoms with Gasteiger partial charge in [0.1, 0.15) is 4.88 Å². The second kappa shape index (κ2) is 6.43. The van der Waals surface area contributed by atoms with Crippen LogP contribution in [-0.2, 0) is 5.41 Å². The Bertz CT molecular complexity index is 424. The second-order valence-corrected chi connectivity index (χ2v) is 6.62. The number of nitrogens with zero attached hydrogens (tertiary/aromatic N) is 3. The van der Waals surface area contributed by atoms with Gasteiger partial charge in [0.2, 0.25) is 0 Å². The molecule has 0 fully saturated rings. The summed E-state index contributed by atoms with van der Waals surface area (Å²) in [4.78, 5) is 15.0. The normalized spacial score (nSPS) is 11.9. The van der Waals surface area contributed by atoms with E-state index in [9.17, 15) is 4.79 Å². The highest BCUT2D eigenvalue weighted by Gasteiger charge is 2.29. The van der Waals surface area contributed by atoms with E-state index in [0.717, 1.165) is 17.2 Å². The van der Waals surface area contributed by atoms with Crippen molar-refractivity contribution in [2.24, 2.45) is 0 Å². The topological polar surface area (TPSA) is 66.3 Å². The van der Waals surface area contributed by atoms with Gasteiger partial charge in [-0.1, -0.05) is 25.3 Å². The smallest absolute Gasteiger partial charge is 0.267 e. The molecule has 0 radical (unpaired) electrons. The quantitative estimate of drug-likeness (QED) is 0.899. The highest BCUT2D eigenvalue weighted by molar-refractivity contribution is 7.08. The molecular formula is C13H23N3O2S. The summed E-state index contributed by atoms with van der Waals surface area (Å²) in [7, 11) is 0. The Hall–Kier alpha value is -1.01. The zero-order chi connectivity index (χ0) is 14.6. The van der Waals surface area contributed by atoms with E-state index in [-0.39, 0.29) is 24.0 Å². The zero-order valence-corrected chi connectivity index (χ0v) is 13.1. The maximum atomic E-state index is 12.6. The van der Waals surface area contributed by atoms with E-state index in [1.54, 1.807) is 4.90 Å². The van der Waals surface area contributed by atoms with Gasteiger partial charge < -0.3 is 10.0 Å². The van der Waals surface area contributed by atoms with Gasteiger partial charge in [-0.25, -0.2) is 0 Å². The van der Waals surface area contributed by atoms with Crippen molar-refractivity contribution in [2.45, 2.75) is 52.5 Å². The lowest BCUT2D eigenvalue weighted by Crippen LogP contribution is -2.38. The molecule has 1 amide bonds. The van der Waals surface area contributed by atoms with Crippen LogP contribution in [-0.4, -0.2) is 44.7 Å². The first kappa shape index (κ1) is 16.0. The summed E-state index contributed by atoms with van der Waals surface area (Å²) in [5, 5.41) is 13.0. The SMILES string of the molecule is CC(C)N(CCCO)C(=O)c1snnc1C(C)(C)C. The van der Waals surface area contributed by atoms with Gasteiger partial charge >= 0.3 is 0 Å². The van der Waals surface area contributed by atoms with Crippen molar-refractivity contribution < 1.29 is 9.90 Å². The third-order valence-corrected chi connectivity index (χ3v) is 3.55. The molecule has 1 aromatic rings. The summed E-state index contributed by atoms with van der Waals surface area (Å²) in [6, 6.07) is 0.0916. The van der Waals surface area contributed by atoms with E-state index in [0.29, 0.717) is 17.8 Å². The fourth-order valence-corrected chi connectivity index (χ4v) is 2.62. The molecule has 0 aromatic carbocycles. The molecule has 0 bridgehead atoms. The van der Waals surface area contributed by atoms with E-state index in [2.05, 4.69) is 9.59 Å². The fraction of sp³-hybridized carbons (Fsp3) is 0.769. The van der Waals surface area contributed by atoms with Crippen molar-refractivity contribution in [3.63, 3.8) is 0 Å². The van der Waals surface area contributed by atoms with Gasteiger partial charge in [-0.2, -0.15) is 0 Å². The van der Waals surface area contributed by atoms with Crippen LogP contribution in [0.1, 0.15) is 56.4 Å². The lowest BCUT2D eigenvalue weighted by Gasteiger charge is -2.27. The Morgan fingerprint density at radius 1 is 1.42 bits per heavy atom. The molecule has 1 heterocycles. The maximum absolute atomic E-state index is 12.6. The standard InChI is InChI=1S/C13H23N3O2S/c1-9(2)16(7-6-8-17)12(18)10-11(13(3,4)5)14-15-19-10/h9,17H,6-8H2,1-5H3. The summed E-state index contributed by atoms with van der Waals surface area (Å²) >= 11 is 1.15. The van der Waals surface area contributed by atoms with Crippen LogP contribution in [0.2, 0.25) is 0 Å². The minimum atomic E-state index is -0.197. The Morgan fingerprint density at radius 2 is 2.05 bits per heavy atom. The lowest BCUT2D eigenvalue weighted by atomic mass is 9.91. The van der Waals surface area contributed by atoms with Crippen molar-refractivity contribution in [1.82, 2.24) is 14.5 Å². The first-order valence-electron chi connectivity index (χ1n) is 6.53. The van der Waals surface area contributed by atoms with Crippen LogP contribution < -0.4 is 0 Å². The Balaban J connectivity index is 3.01. The molecular weight excluding hydrogens is 262 g/mol. The van der Waals surface area contributed by atoms with Gasteiger partial charge in [0, 0.05) is 24.6 Å². The monoisotopic (exact) mass is 285 g/mol. The van der Waals surface area contributed by atoms with Gasteiger partial charge in [-0.3, -0.25) is 4.79 Å². The second-order valence-electron chi connectivity index (χ2n) is 5.87. The van der Waals surface area contributed by atoms with Gasteiger partial charge in [0.25, 0.3) is 5.91 Å². The minimum absolute atomic E-state index is 0.0385. The summed E-state index contributed by atoms with van der Waals surface area (Å²) in [5.41, 5.74) is 0.551. The summed E-state index contributed by atoms with van der Waals surface area (Å²) < 4.78 is 3.93. The van der Waals surface area contributed by atoms with Crippen LogP contribution in [0.4, 0.5) is 0 Å². The number of carbonyl (C=O) groups is 1. The van der Waals surface area contributed by atoms with Crippen molar-refractivity contribution >= 4 is 17.4 Å². The van der Waals surface area contributed by atoms with E-state index in [4.69, 9.17) is 5.11 Å². The molecule has 6 heteroatoms. The van der Waals surface area contributed by atoms with Crippen LogP contribution in [0.3, 0.4) is 0 Å². The van der Waals surface area contributed by atoms with Crippen LogP contribution in [0.5, 0.6) is 0 Å². The third-order valence-electron chi connectivity index (χ3n) is 2.83. The maximum Gasteiger partial charge on any atom is 0.267 e. The molecule has 0 aliphatic carbocycles. The summed E-state index contributed by atoms with van der Waals surface area (Å²) in [5.74, 6) is -0.0385. The Kier molecular flexibility index (Phi) is 5.43. The number of hydrogen-bond acceptors (Lipinski definition) is 5. The lowest BCUT2D eigenvalue weighted by molar-refractivity contribution is 0.0695. The number of carbonyl (C=O) groups excluding carboxylic acids is 1. The van der Waals surface area contributed by atoms with Crippen molar-refractivity contribution in [3.05, 3.63) is 10.6 Å². The number of amides is 1. The van der Waals surface area contributed by atoms with Crippen molar-refractivity contribution in [2.75, 3.05) is 13.2 Å². The van der Waals surface area contributed by atoms with Crippen LogP contribution in [0.25, 0.3) is 0 Å². The summed E-state index contributed by atoms with van der Waals surface area (Å²) in [6.45, 7) is 10.6. The number of aliphatic hydroxyl groups is 1. The van der Waals surface area contributed by atoms with Crippen LogP contribution >= 0.6 is 11.5 Å². The number of rotatable bonds is 5. The van der Waals surface area contributed by atoms with E-state index >= 15 is 0 Å². The predicted octanol–water partition coefficient (Wildman–Crippen LogP) is 2.07. The predicted molar refractivity (Wildman–Crippen MR) is 76.5 cm³/mol. The van der Waals surface area contributed by atoms with E-state index in [1.165, 1.54) is 0 Å². The van der Waals surface area contributed by atoms with Crippen molar-refractivity contribution in [1.29, 1.82) is 0 Å². The highest BCUT2D eigenvalue weighted by atomic mass is 32.1. The van der Waals surface area contributed by atoms with Crippen molar-refractivity contribution in [3.8, 4) is 0 Å². The van der Waals surface area contributed by atoms with E-state index < -0.39 is 0 Å². The zero-order valence-electron chi connectivity index (χ0n) is 12.3. The molecule has 0 saturated carbocycles. The molecule has 0 atom stereocenters. The third kappa shape index (κ3) is 3.98. The number of aromatic nitrogens is 2. The molecule has 0 aliphatic heterocycles. The Morgan fingerprint density at radius 3 is 2.53 bits per heavy atom. The Labute approximate surface area is 118 Å². The fourth-order valence-electron chi connectivity index (χ4n) is 1.79. The molecule has 0 saturated heterocycles. The van der Waals surface area contributed by atoms with Gasteiger partial charge in [-0.15, -0.1) is 5.10 Å². The van der Waals surface area contributed by atoms with Crippen LogP contribution in [0.15, 0.2) is 0 Å². The molecule has 0 unspecified atom stereocenters. The first-order chi connectivity index (χ1) is 8.79. The largest absolute Gasteiger partial charge is 0.396 e. The van der Waals surface area contributed by atoms with Gasteiger partial charge in [-0.05, 0) is 31.8 Å². The average molecular weight is 285 g/mol. The molecule has 0 spiro atoms. The van der Waals surface area contributed by atoms with Gasteiger partial charge in [0.15, 0.2) is 0 Å². The van der Waals surface area contributed by atoms with Crippen LogP contribution in [0, 0.1) is 0 Å². The minimum Gasteiger partial charge on any atom is -0.396 e. The van der Waals surface area contributed by atoms with Gasteiger partial charge in [0.05, 0.1) is 5.69 Å². The average Bonchev–Trinajstić information content (AvgIpc) is 2.77. The molecule has 19 heavy (non-hydrogen) atoms.